The van der Waals surface area contributed by atoms with Gasteiger partial charge in [0, 0.05) is 19.6 Å². The molecule has 0 unspecified atom stereocenters. The molecule has 0 radical (unpaired) electrons. The van der Waals surface area contributed by atoms with E-state index < -0.39 is 5.97 Å². The molecule has 1 aromatic rings. The molecule has 0 bridgehead atoms. The van der Waals surface area contributed by atoms with Gasteiger partial charge in [-0.15, -0.1) is 0 Å². The van der Waals surface area contributed by atoms with Crippen LogP contribution in [-0.2, 0) is 13.1 Å². The third-order valence-corrected chi connectivity index (χ3v) is 4.39. The average molecular weight is 274 g/mol. The van der Waals surface area contributed by atoms with E-state index in [-0.39, 0.29) is 0 Å². The van der Waals surface area contributed by atoms with Crippen molar-refractivity contribution in [1.29, 1.82) is 0 Å². The lowest BCUT2D eigenvalue weighted by atomic mass is 10.1. The molecule has 2 aliphatic heterocycles. The third-order valence-electron chi connectivity index (χ3n) is 4.39. The number of carbonyl (C=O) groups is 1. The molecule has 1 saturated heterocycles. The number of carboxylic acids is 1. The third kappa shape index (κ3) is 3.02. The molecule has 0 atom stereocenters. The SMILES string of the molecule is O=C(O)c1ccc2c(c1)CN(CCCN1CCCC1)C2. The Labute approximate surface area is 120 Å². The molecular formula is C16H22N2O2. The molecular weight excluding hydrogens is 252 g/mol. The summed E-state index contributed by atoms with van der Waals surface area (Å²) in [6.07, 6.45) is 3.92. The molecule has 1 fully saturated rings. The van der Waals surface area contributed by atoms with Crippen LogP contribution in [0.1, 0.15) is 40.7 Å². The largest absolute Gasteiger partial charge is 0.478 e. The van der Waals surface area contributed by atoms with Crippen LogP contribution in [0.4, 0.5) is 0 Å². The maximum absolute atomic E-state index is 11.0. The van der Waals surface area contributed by atoms with Crippen LogP contribution < -0.4 is 0 Å². The van der Waals surface area contributed by atoms with E-state index in [1.807, 2.05) is 12.1 Å². The summed E-state index contributed by atoms with van der Waals surface area (Å²) in [5.74, 6) is -0.833. The molecule has 4 heteroatoms. The minimum atomic E-state index is -0.833. The van der Waals surface area contributed by atoms with E-state index >= 15 is 0 Å². The second-order valence-corrected chi connectivity index (χ2v) is 5.90. The molecule has 1 aromatic carbocycles. The van der Waals surface area contributed by atoms with Crippen LogP contribution >= 0.6 is 0 Å². The number of likely N-dealkylation sites (tertiary alicyclic amines) is 1. The number of hydrogen-bond acceptors (Lipinski definition) is 3. The zero-order chi connectivity index (χ0) is 13.9. The summed E-state index contributed by atoms with van der Waals surface area (Å²) in [6.45, 7) is 6.71. The first kappa shape index (κ1) is 13.6. The van der Waals surface area contributed by atoms with Gasteiger partial charge < -0.3 is 10.0 Å². The van der Waals surface area contributed by atoms with Gasteiger partial charge in [0.25, 0.3) is 0 Å². The van der Waals surface area contributed by atoms with Crippen molar-refractivity contribution in [3.05, 3.63) is 34.9 Å². The molecule has 0 amide bonds. The molecule has 3 rings (SSSR count). The molecule has 4 nitrogen and oxygen atoms in total. The van der Waals surface area contributed by atoms with Crippen molar-refractivity contribution in [1.82, 2.24) is 9.80 Å². The van der Waals surface area contributed by atoms with Gasteiger partial charge in [-0.05, 0) is 62.2 Å². The Kier molecular flexibility index (Phi) is 4.03. The Balaban J connectivity index is 1.50. The number of hydrogen-bond donors (Lipinski definition) is 1. The highest BCUT2D eigenvalue weighted by atomic mass is 16.4. The highest BCUT2D eigenvalue weighted by Crippen LogP contribution is 2.24. The summed E-state index contributed by atoms with van der Waals surface area (Å²) in [7, 11) is 0. The number of aromatic carboxylic acids is 1. The zero-order valence-electron chi connectivity index (χ0n) is 11.8. The van der Waals surface area contributed by atoms with Crippen molar-refractivity contribution >= 4 is 5.97 Å². The summed E-state index contributed by atoms with van der Waals surface area (Å²) >= 11 is 0. The molecule has 0 aromatic heterocycles. The summed E-state index contributed by atoms with van der Waals surface area (Å²) in [5.41, 5.74) is 2.88. The van der Waals surface area contributed by atoms with Crippen LogP contribution in [0.3, 0.4) is 0 Å². The maximum Gasteiger partial charge on any atom is 0.335 e. The van der Waals surface area contributed by atoms with Crippen LogP contribution in [0.15, 0.2) is 18.2 Å². The second kappa shape index (κ2) is 5.94. The van der Waals surface area contributed by atoms with E-state index in [2.05, 4.69) is 9.80 Å². The monoisotopic (exact) mass is 274 g/mol. The fourth-order valence-electron chi connectivity index (χ4n) is 3.28. The molecule has 1 N–H and O–H groups in total. The highest BCUT2D eigenvalue weighted by Gasteiger charge is 2.20. The number of benzene rings is 1. The predicted molar refractivity (Wildman–Crippen MR) is 77.8 cm³/mol. The van der Waals surface area contributed by atoms with Crippen molar-refractivity contribution in [2.24, 2.45) is 0 Å². The lowest BCUT2D eigenvalue weighted by Gasteiger charge is -2.18. The second-order valence-electron chi connectivity index (χ2n) is 5.90. The van der Waals surface area contributed by atoms with Gasteiger partial charge in [-0.2, -0.15) is 0 Å². The molecule has 20 heavy (non-hydrogen) atoms. The van der Waals surface area contributed by atoms with Crippen LogP contribution in [-0.4, -0.2) is 47.1 Å². The smallest absolute Gasteiger partial charge is 0.335 e. The van der Waals surface area contributed by atoms with Crippen molar-refractivity contribution < 1.29 is 9.90 Å². The van der Waals surface area contributed by atoms with E-state index in [0.29, 0.717) is 5.56 Å². The lowest BCUT2D eigenvalue weighted by molar-refractivity contribution is 0.0696. The van der Waals surface area contributed by atoms with Crippen LogP contribution in [0.2, 0.25) is 0 Å². The Morgan fingerprint density at radius 3 is 2.50 bits per heavy atom. The summed E-state index contributed by atoms with van der Waals surface area (Å²) < 4.78 is 0. The van der Waals surface area contributed by atoms with Gasteiger partial charge in [0.05, 0.1) is 5.56 Å². The van der Waals surface area contributed by atoms with Crippen LogP contribution in [0.25, 0.3) is 0 Å². The Hall–Kier alpha value is -1.39. The normalized spacial score (nSPS) is 19.4. The van der Waals surface area contributed by atoms with E-state index in [9.17, 15) is 4.79 Å². The van der Waals surface area contributed by atoms with Crippen LogP contribution in [0.5, 0.6) is 0 Å². The van der Waals surface area contributed by atoms with Gasteiger partial charge in [-0.1, -0.05) is 6.07 Å². The predicted octanol–water partition coefficient (Wildman–Crippen LogP) is 2.19. The molecule has 2 aliphatic rings. The topological polar surface area (TPSA) is 43.8 Å². The van der Waals surface area contributed by atoms with Gasteiger partial charge >= 0.3 is 5.97 Å². The Morgan fingerprint density at radius 1 is 1.05 bits per heavy atom. The molecule has 0 aliphatic carbocycles. The first-order valence-electron chi connectivity index (χ1n) is 7.52. The van der Waals surface area contributed by atoms with Crippen molar-refractivity contribution in [2.75, 3.05) is 26.2 Å². The van der Waals surface area contributed by atoms with Gasteiger partial charge in [0.1, 0.15) is 0 Å². The molecule has 0 spiro atoms. The number of rotatable bonds is 5. The van der Waals surface area contributed by atoms with Gasteiger partial charge in [-0.3, -0.25) is 4.90 Å². The number of nitrogens with zero attached hydrogens (tertiary/aromatic N) is 2. The first-order chi connectivity index (χ1) is 9.72. The Morgan fingerprint density at radius 2 is 1.75 bits per heavy atom. The minimum absolute atomic E-state index is 0.405. The van der Waals surface area contributed by atoms with Crippen molar-refractivity contribution in [2.45, 2.75) is 32.4 Å². The first-order valence-corrected chi connectivity index (χ1v) is 7.52. The highest BCUT2D eigenvalue weighted by molar-refractivity contribution is 5.87. The quantitative estimate of drug-likeness (QED) is 0.894. The molecule has 108 valence electrons. The van der Waals surface area contributed by atoms with E-state index in [4.69, 9.17) is 5.11 Å². The van der Waals surface area contributed by atoms with Crippen molar-refractivity contribution in [3.8, 4) is 0 Å². The summed E-state index contributed by atoms with van der Waals surface area (Å²) in [6, 6.07) is 5.52. The van der Waals surface area contributed by atoms with Gasteiger partial charge in [0.2, 0.25) is 0 Å². The molecule has 0 saturated carbocycles. The van der Waals surface area contributed by atoms with E-state index in [1.54, 1.807) is 6.07 Å². The van der Waals surface area contributed by atoms with Crippen molar-refractivity contribution in [3.63, 3.8) is 0 Å². The fourth-order valence-corrected chi connectivity index (χ4v) is 3.28. The fraction of sp³-hybridized carbons (Fsp3) is 0.562. The maximum atomic E-state index is 11.0. The van der Waals surface area contributed by atoms with E-state index in [1.165, 1.54) is 50.0 Å². The standard InChI is InChI=1S/C16H22N2O2/c19-16(20)13-4-5-14-11-18(12-15(14)10-13)9-3-8-17-6-1-2-7-17/h4-5,10H,1-3,6-9,11-12H2,(H,19,20). The zero-order valence-corrected chi connectivity index (χ0v) is 11.8. The van der Waals surface area contributed by atoms with E-state index in [0.717, 1.165) is 19.6 Å². The van der Waals surface area contributed by atoms with Crippen LogP contribution in [0, 0.1) is 0 Å². The summed E-state index contributed by atoms with van der Waals surface area (Å²) in [4.78, 5) is 16.0. The summed E-state index contributed by atoms with van der Waals surface area (Å²) in [5, 5.41) is 9.03. The minimum Gasteiger partial charge on any atom is -0.478 e. The van der Waals surface area contributed by atoms with Gasteiger partial charge in [-0.25, -0.2) is 4.79 Å². The Bertz CT molecular complexity index is 495. The van der Waals surface area contributed by atoms with Gasteiger partial charge in [0.15, 0.2) is 0 Å². The average Bonchev–Trinajstić information content (AvgIpc) is 3.06. The number of fused-ring (bicyclic) bond motifs is 1. The lowest BCUT2D eigenvalue weighted by Crippen LogP contribution is -2.25. The molecule has 2 heterocycles. The number of carboxylic acid groups (broad SMARTS) is 1.